The van der Waals surface area contributed by atoms with Crippen LogP contribution in [0.15, 0.2) is 12.1 Å². The zero-order valence-electron chi connectivity index (χ0n) is 11.5. The van der Waals surface area contributed by atoms with Crippen LogP contribution in [0, 0.1) is 12.8 Å². The van der Waals surface area contributed by atoms with Gasteiger partial charge in [-0.05, 0) is 30.5 Å². The van der Waals surface area contributed by atoms with Crippen LogP contribution in [0.2, 0.25) is 5.02 Å². The number of aliphatic hydroxyl groups is 2. The van der Waals surface area contributed by atoms with Gasteiger partial charge in [-0.3, -0.25) is 0 Å². The van der Waals surface area contributed by atoms with Crippen molar-refractivity contribution in [1.29, 1.82) is 0 Å². The van der Waals surface area contributed by atoms with E-state index in [0.717, 1.165) is 5.56 Å². The second-order valence-electron chi connectivity index (χ2n) is 5.45. The van der Waals surface area contributed by atoms with Crippen molar-refractivity contribution >= 4 is 11.6 Å². The standard InChI is InChI=1S/C14H20ClNO3/c1-9(2)8-16-4-5-19-13-11(14(16,17)18)6-10(3)7-12(13)15/h6-7,9,17-18H,4-5,8H2,1-3H3. The Morgan fingerprint density at radius 3 is 2.74 bits per heavy atom. The molecule has 0 unspecified atom stereocenters. The van der Waals surface area contributed by atoms with Crippen LogP contribution in [0.1, 0.15) is 25.0 Å². The van der Waals surface area contributed by atoms with Crippen LogP contribution >= 0.6 is 11.6 Å². The van der Waals surface area contributed by atoms with E-state index in [1.807, 2.05) is 20.8 Å². The van der Waals surface area contributed by atoms with E-state index in [-0.39, 0.29) is 0 Å². The van der Waals surface area contributed by atoms with Gasteiger partial charge >= 0.3 is 0 Å². The molecule has 1 aromatic carbocycles. The van der Waals surface area contributed by atoms with Gasteiger partial charge in [-0.1, -0.05) is 25.4 Å². The molecule has 1 aliphatic heterocycles. The number of hydrogen-bond donors (Lipinski definition) is 2. The predicted molar refractivity (Wildman–Crippen MR) is 74.2 cm³/mol. The summed E-state index contributed by atoms with van der Waals surface area (Å²) in [6.07, 6.45) is 0. The summed E-state index contributed by atoms with van der Waals surface area (Å²) in [6.45, 7) is 7.32. The summed E-state index contributed by atoms with van der Waals surface area (Å²) in [5.41, 5.74) is 1.18. The van der Waals surface area contributed by atoms with Crippen LogP contribution in [-0.4, -0.2) is 34.8 Å². The molecule has 1 heterocycles. The van der Waals surface area contributed by atoms with Gasteiger partial charge < -0.3 is 14.9 Å². The van der Waals surface area contributed by atoms with Gasteiger partial charge in [0.25, 0.3) is 5.91 Å². The summed E-state index contributed by atoms with van der Waals surface area (Å²) in [4.78, 5) is 1.61. The molecule has 0 aliphatic carbocycles. The van der Waals surface area contributed by atoms with Gasteiger partial charge in [0, 0.05) is 13.1 Å². The summed E-state index contributed by atoms with van der Waals surface area (Å²) in [5, 5.41) is 21.4. The van der Waals surface area contributed by atoms with Crippen LogP contribution in [0.3, 0.4) is 0 Å². The summed E-state index contributed by atoms with van der Waals surface area (Å²) in [6, 6.07) is 3.47. The molecule has 0 saturated heterocycles. The zero-order chi connectivity index (χ0) is 14.2. The average molecular weight is 286 g/mol. The van der Waals surface area contributed by atoms with Crippen molar-refractivity contribution in [3.8, 4) is 5.75 Å². The highest BCUT2D eigenvalue weighted by Gasteiger charge is 2.40. The minimum atomic E-state index is -2.05. The predicted octanol–water partition coefficient (Wildman–Crippen LogP) is 2.09. The summed E-state index contributed by atoms with van der Waals surface area (Å²) in [5.74, 6) is -1.37. The van der Waals surface area contributed by atoms with E-state index in [1.165, 1.54) is 0 Å². The Morgan fingerprint density at radius 2 is 2.11 bits per heavy atom. The lowest BCUT2D eigenvalue weighted by molar-refractivity contribution is -0.275. The van der Waals surface area contributed by atoms with Gasteiger partial charge in [0.15, 0.2) is 0 Å². The Hall–Kier alpha value is -0.810. The molecule has 0 aromatic heterocycles. The SMILES string of the molecule is Cc1cc(Cl)c2c(c1)C(O)(O)N(CC(C)C)CCO2. The molecule has 1 aliphatic rings. The molecular formula is C14H20ClNO3. The van der Waals surface area contributed by atoms with Crippen LogP contribution < -0.4 is 4.74 Å². The number of nitrogens with zero attached hydrogens (tertiary/aromatic N) is 1. The first-order valence-corrected chi connectivity index (χ1v) is 6.83. The Kier molecular flexibility index (Phi) is 4.06. The smallest absolute Gasteiger partial charge is 0.257 e. The minimum absolute atomic E-state index is 0.315. The Labute approximate surface area is 118 Å². The molecule has 0 saturated carbocycles. The van der Waals surface area contributed by atoms with E-state index in [2.05, 4.69) is 0 Å². The molecule has 4 nitrogen and oxygen atoms in total. The lowest BCUT2D eigenvalue weighted by atomic mass is 10.1. The van der Waals surface area contributed by atoms with Crippen molar-refractivity contribution in [2.45, 2.75) is 26.7 Å². The maximum atomic E-state index is 10.5. The molecular weight excluding hydrogens is 266 g/mol. The van der Waals surface area contributed by atoms with Crippen LogP contribution in [0.4, 0.5) is 0 Å². The molecule has 2 rings (SSSR count). The van der Waals surface area contributed by atoms with Crippen molar-refractivity contribution in [3.63, 3.8) is 0 Å². The molecule has 1 aromatic rings. The first kappa shape index (κ1) is 14.6. The van der Waals surface area contributed by atoms with E-state index in [4.69, 9.17) is 16.3 Å². The Morgan fingerprint density at radius 1 is 1.42 bits per heavy atom. The molecule has 0 atom stereocenters. The lowest BCUT2D eigenvalue weighted by Gasteiger charge is -2.34. The number of rotatable bonds is 2. The third-order valence-electron chi connectivity index (χ3n) is 3.18. The molecule has 106 valence electrons. The number of halogens is 1. The van der Waals surface area contributed by atoms with Crippen LogP contribution in [0.5, 0.6) is 5.75 Å². The fraction of sp³-hybridized carbons (Fsp3) is 0.571. The third-order valence-corrected chi connectivity index (χ3v) is 3.46. The van der Waals surface area contributed by atoms with Crippen LogP contribution in [0.25, 0.3) is 0 Å². The largest absolute Gasteiger partial charge is 0.490 e. The first-order valence-electron chi connectivity index (χ1n) is 6.45. The van der Waals surface area contributed by atoms with E-state index < -0.39 is 5.91 Å². The molecule has 2 N–H and O–H groups in total. The zero-order valence-corrected chi connectivity index (χ0v) is 12.2. The third kappa shape index (κ3) is 2.87. The molecule has 5 heteroatoms. The van der Waals surface area contributed by atoms with Crippen molar-refractivity contribution in [1.82, 2.24) is 4.90 Å². The summed E-state index contributed by atoms with van der Waals surface area (Å²) in [7, 11) is 0. The molecule has 0 fully saturated rings. The van der Waals surface area contributed by atoms with Crippen LogP contribution in [-0.2, 0) is 5.91 Å². The maximum Gasteiger partial charge on any atom is 0.257 e. The highest BCUT2D eigenvalue weighted by molar-refractivity contribution is 6.32. The molecule has 0 amide bonds. The second kappa shape index (κ2) is 5.29. The molecule has 0 radical (unpaired) electrons. The quantitative estimate of drug-likeness (QED) is 0.817. The second-order valence-corrected chi connectivity index (χ2v) is 5.85. The van der Waals surface area contributed by atoms with Gasteiger partial charge in [0.2, 0.25) is 0 Å². The van der Waals surface area contributed by atoms with Gasteiger partial charge in [-0.25, -0.2) is 4.90 Å². The van der Waals surface area contributed by atoms with Crippen molar-refractivity contribution in [3.05, 3.63) is 28.3 Å². The number of fused-ring (bicyclic) bond motifs is 1. The molecule has 0 spiro atoms. The lowest BCUT2D eigenvalue weighted by Crippen LogP contribution is -2.48. The van der Waals surface area contributed by atoms with Gasteiger partial charge in [0.05, 0.1) is 10.6 Å². The topological polar surface area (TPSA) is 52.9 Å². The highest BCUT2D eigenvalue weighted by Crippen LogP contribution is 2.39. The van der Waals surface area contributed by atoms with E-state index in [0.29, 0.717) is 41.9 Å². The number of hydrogen-bond acceptors (Lipinski definition) is 4. The van der Waals surface area contributed by atoms with Gasteiger partial charge in [0.1, 0.15) is 12.4 Å². The summed E-state index contributed by atoms with van der Waals surface area (Å²) >= 11 is 6.13. The van der Waals surface area contributed by atoms with Gasteiger partial charge in [-0.2, -0.15) is 0 Å². The van der Waals surface area contributed by atoms with E-state index in [1.54, 1.807) is 17.0 Å². The normalized spacial score (nSPS) is 18.9. The number of aryl methyl sites for hydroxylation is 1. The van der Waals surface area contributed by atoms with Crippen molar-refractivity contribution < 1.29 is 14.9 Å². The first-order chi connectivity index (χ1) is 8.82. The highest BCUT2D eigenvalue weighted by atomic mass is 35.5. The summed E-state index contributed by atoms with van der Waals surface area (Å²) < 4.78 is 5.59. The minimum Gasteiger partial charge on any atom is -0.490 e. The molecule has 19 heavy (non-hydrogen) atoms. The fourth-order valence-corrected chi connectivity index (χ4v) is 2.70. The molecule has 0 bridgehead atoms. The Balaban J connectivity index is 2.48. The number of ether oxygens (including phenoxy) is 1. The number of benzene rings is 1. The monoisotopic (exact) mass is 285 g/mol. The Bertz CT molecular complexity index is 474. The van der Waals surface area contributed by atoms with Crippen molar-refractivity contribution in [2.24, 2.45) is 5.92 Å². The van der Waals surface area contributed by atoms with E-state index in [9.17, 15) is 10.2 Å². The average Bonchev–Trinajstić information content (AvgIpc) is 2.39. The maximum absolute atomic E-state index is 10.5. The fourth-order valence-electron chi connectivity index (χ4n) is 2.37. The van der Waals surface area contributed by atoms with Crippen molar-refractivity contribution in [2.75, 3.05) is 19.7 Å². The van der Waals surface area contributed by atoms with E-state index >= 15 is 0 Å². The van der Waals surface area contributed by atoms with Gasteiger partial charge in [-0.15, -0.1) is 0 Å².